The molecule has 21 heavy (non-hydrogen) atoms. The molecule has 0 spiro atoms. The Morgan fingerprint density at radius 2 is 1.86 bits per heavy atom. The molecule has 0 atom stereocenters. The summed E-state index contributed by atoms with van der Waals surface area (Å²) in [5, 5.41) is 8.13. The molecular formula is C15H23N3O3. The molecule has 1 aromatic carbocycles. The predicted octanol–water partition coefficient (Wildman–Crippen LogP) is 1.41. The lowest BCUT2D eigenvalue weighted by atomic mass is 10.2. The maximum atomic E-state index is 11.6. The number of carbonyl (C=O) groups is 2. The van der Waals surface area contributed by atoms with Gasteiger partial charge in [-0.15, -0.1) is 0 Å². The first kappa shape index (κ1) is 16.8. The second-order valence-electron chi connectivity index (χ2n) is 4.52. The van der Waals surface area contributed by atoms with Crippen molar-refractivity contribution >= 4 is 11.9 Å². The highest BCUT2D eigenvalue weighted by Gasteiger charge is 2.05. The Kier molecular flexibility index (Phi) is 7.71. The van der Waals surface area contributed by atoms with Crippen LogP contribution < -0.4 is 20.7 Å². The number of amides is 3. The molecule has 6 nitrogen and oxygen atoms in total. The molecule has 3 N–H and O–H groups in total. The highest BCUT2D eigenvalue weighted by atomic mass is 16.5. The number of urea groups is 1. The number of methoxy groups -OCH3 is 1. The topological polar surface area (TPSA) is 79.5 Å². The number of ether oxygens (including phenoxy) is 1. The van der Waals surface area contributed by atoms with E-state index < -0.39 is 0 Å². The summed E-state index contributed by atoms with van der Waals surface area (Å²) in [5.41, 5.74) is 0.899. The lowest BCUT2D eigenvalue weighted by molar-refractivity contribution is -0.120. The molecule has 0 radical (unpaired) electrons. The molecule has 0 aliphatic rings. The van der Waals surface area contributed by atoms with E-state index in [0.717, 1.165) is 17.7 Å². The first-order chi connectivity index (χ1) is 10.2. The van der Waals surface area contributed by atoms with Gasteiger partial charge in [0.15, 0.2) is 0 Å². The van der Waals surface area contributed by atoms with Gasteiger partial charge in [-0.1, -0.05) is 25.1 Å². The molecule has 0 saturated heterocycles. The molecule has 0 heterocycles. The number of hydrogen-bond acceptors (Lipinski definition) is 3. The maximum absolute atomic E-state index is 11.6. The molecule has 0 aliphatic carbocycles. The summed E-state index contributed by atoms with van der Waals surface area (Å²) < 4.78 is 5.20. The van der Waals surface area contributed by atoms with Crippen LogP contribution in [0.1, 0.15) is 25.3 Å². The van der Waals surface area contributed by atoms with Gasteiger partial charge in [-0.25, -0.2) is 4.79 Å². The van der Waals surface area contributed by atoms with Crippen molar-refractivity contribution in [2.75, 3.05) is 20.2 Å². The summed E-state index contributed by atoms with van der Waals surface area (Å²) in [5.74, 6) is 0.679. The smallest absolute Gasteiger partial charge is 0.315 e. The SMILES string of the molecule is CCCNC(=O)CCNC(=O)NCc1ccccc1OC. The first-order valence-corrected chi connectivity index (χ1v) is 7.07. The molecule has 1 rings (SSSR count). The van der Waals surface area contributed by atoms with E-state index in [-0.39, 0.29) is 18.4 Å². The van der Waals surface area contributed by atoms with Crippen molar-refractivity contribution in [2.24, 2.45) is 0 Å². The average Bonchev–Trinajstić information content (AvgIpc) is 2.51. The van der Waals surface area contributed by atoms with Gasteiger partial charge in [0.2, 0.25) is 5.91 Å². The van der Waals surface area contributed by atoms with Crippen LogP contribution in [-0.2, 0) is 11.3 Å². The largest absolute Gasteiger partial charge is 0.496 e. The second kappa shape index (κ2) is 9.63. The summed E-state index contributed by atoms with van der Waals surface area (Å²) in [6.07, 6.45) is 1.18. The standard InChI is InChI=1S/C15H23N3O3/c1-3-9-16-14(19)8-10-17-15(20)18-11-12-6-4-5-7-13(12)21-2/h4-7H,3,8-11H2,1-2H3,(H,16,19)(H2,17,18,20). The third kappa shape index (κ3) is 6.65. The minimum absolute atomic E-state index is 0.0538. The number of benzene rings is 1. The van der Waals surface area contributed by atoms with Crippen molar-refractivity contribution in [1.29, 1.82) is 0 Å². The number of hydrogen-bond donors (Lipinski definition) is 3. The number of para-hydroxylation sites is 1. The van der Waals surface area contributed by atoms with Crippen molar-refractivity contribution in [1.82, 2.24) is 16.0 Å². The van der Waals surface area contributed by atoms with Crippen LogP contribution in [0.4, 0.5) is 4.79 Å². The molecule has 0 saturated carbocycles. The van der Waals surface area contributed by atoms with E-state index in [0.29, 0.717) is 19.6 Å². The Bertz CT molecular complexity index is 463. The summed E-state index contributed by atoms with van der Waals surface area (Å²) in [6.45, 7) is 3.34. The molecule has 0 aliphatic heterocycles. The zero-order valence-electron chi connectivity index (χ0n) is 12.6. The van der Waals surface area contributed by atoms with E-state index in [1.807, 2.05) is 31.2 Å². The number of nitrogens with one attached hydrogen (secondary N) is 3. The van der Waals surface area contributed by atoms with Gasteiger partial charge in [-0.05, 0) is 12.5 Å². The minimum atomic E-state index is -0.302. The fraction of sp³-hybridized carbons (Fsp3) is 0.467. The maximum Gasteiger partial charge on any atom is 0.315 e. The molecule has 0 bridgehead atoms. The molecule has 0 aromatic heterocycles. The Labute approximate surface area is 125 Å². The van der Waals surface area contributed by atoms with E-state index in [2.05, 4.69) is 16.0 Å². The van der Waals surface area contributed by atoms with Gasteiger partial charge in [0.1, 0.15) is 5.75 Å². The summed E-state index contributed by atoms with van der Waals surface area (Å²) in [7, 11) is 1.59. The van der Waals surface area contributed by atoms with Crippen LogP contribution in [0, 0.1) is 0 Å². The van der Waals surface area contributed by atoms with E-state index >= 15 is 0 Å². The fourth-order valence-corrected chi connectivity index (χ4v) is 1.73. The molecular weight excluding hydrogens is 270 g/mol. The third-order valence-electron chi connectivity index (χ3n) is 2.84. The molecule has 0 fully saturated rings. The molecule has 3 amide bonds. The Hall–Kier alpha value is -2.24. The van der Waals surface area contributed by atoms with Gasteiger partial charge in [0.05, 0.1) is 7.11 Å². The highest BCUT2D eigenvalue weighted by molar-refractivity contribution is 5.78. The minimum Gasteiger partial charge on any atom is -0.496 e. The monoisotopic (exact) mass is 293 g/mol. The van der Waals surface area contributed by atoms with Crippen molar-refractivity contribution < 1.29 is 14.3 Å². The van der Waals surface area contributed by atoms with Gasteiger partial charge in [-0.2, -0.15) is 0 Å². The van der Waals surface area contributed by atoms with Gasteiger partial charge in [-0.3, -0.25) is 4.79 Å². The van der Waals surface area contributed by atoms with Gasteiger partial charge >= 0.3 is 6.03 Å². The Morgan fingerprint density at radius 3 is 2.57 bits per heavy atom. The van der Waals surface area contributed by atoms with Crippen LogP contribution in [0.25, 0.3) is 0 Å². The Balaban J connectivity index is 2.24. The van der Waals surface area contributed by atoms with Gasteiger partial charge in [0.25, 0.3) is 0 Å². The highest BCUT2D eigenvalue weighted by Crippen LogP contribution is 2.16. The zero-order valence-corrected chi connectivity index (χ0v) is 12.6. The predicted molar refractivity (Wildman–Crippen MR) is 81.2 cm³/mol. The lowest BCUT2D eigenvalue weighted by Crippen LogP contribution is -2.37. The normalized spacial score (nSPS) is 9.81. The number of carbonyl (C=O) groups excluding carboxylic acids is 2. The van der Waals surface area contributed by atoms with E-state index in [9.17, 15) is 9.59 Å². The summed E-state index contributed by atoms with van der Waals surface area (Å²) >= 11 is 0. The molecule has 1 aromatic rings. The van der Waals surface area contributed by atoms with Crippen LogP contribution >= 0.6 is 0 Å². The lowest BCUT2D eigenvalue weighted by Gasteiger charge is -2.10. The first-order valence-electron chi connectivity index (χ1n) is 7.07. The summed E-state index contributed by atoms with van der Waals surface area (Å²) in [4.78, 5) is 23.0. The van der Waals surface area contributed by atoms with E-state index in [4.69, 9.17) is 4.74 Å². The van der Waals surface area contributed by atoms with Crippen molar-refractivity contribution in [3.8, 4) is 5.75 Å². The van der Waals surface area contributed by atoms with E-state index in [1.54, 1.807) is 7.11 Å². The van der Waals surface area contributed by atoms with Crippen molar-refractivity contribution in [3.05, 3.63) is 29.8 Å². The fourth-order valence-electron chi connectivity index (χ4n) is 1.73. The van der Waals surface area contributed by atoms with Crippen LogP contribution in [0.2, 0.25) is 0 Å². The third-order valence-corrected chi connectivity index (χ3v) is 2.84. The zero-order chi connectivity index (χ0) is 15.5. The van der Waals surface area contributed by atoms with Crippen LogP contribution in [0.5, 0.6) is 5.75 Å². The van der Waals surface area contributed by atoms with E-state index in [1.165, 1.54) is 0 Å². The molecule has 6 heteroatoms. The molecule has 116 valence electrons. The Morgan fingerprint density at radius 1 is 1.10 bits per heavy atom. The number of rotatable bonds is 8. The summed E-state index contributed by atoms with van der Waals surface area (Å²) in [6, 6.07) is 7.18. The molecule has 0 unspecified atom stereocenters. The van der Waals surface area contributed by atoms with Crippen LogP contribution in [-0.4, -0.2) is 32.1 Å². The van der Waals surface area contributed by atoms with Crippen molar-refractivity contribution in [2.45, 2.75) is 26.3 Å². The van der Waals surface area contributed by atoms with Crippen LogP contribution in [0.3, 0.4) is 0 Å². The average molecular weight is 293 g/mol. The quantitative estimate of drug-likeness (QED) is 0.678. The van der Waals surface area contributed by atoms with Crippen LogP contribution in [0.15, 0.2) is 24.3 Å². The van der Waals surface area contributed by atoms with Gasteiger partial charge < -0.3 is 20.7 Å². The van der Waals surface area contributed by atoms with Crippen molar-refractivity contribution in [3.63, 3.8) is 0 Å². The second-order valence-corrected chi connectivity index (χ2v) is 4.52. The van der Waals surface area contributed by atoms with Gasteiger partial charge in [0, 0.05) is 31.6 Å².